The first kappa shape index (κ1) is 17.4. The fourth-order valence-electron chi connectivity index (χ4n) is 1.87. The lowest BCUT2D eigenvalue weighted by molar-refractivity contribution is -0.136. The van der Waals surface area contributed by atoms with E-state index in [1.807, 2.05) is 5.32 Å². The van der Waals surface area contributed by atoms with Crippen LogP contribution in [0.1, 0.15) is 15.9 Å². The van der Waals surface area contributed by atoms with E-state index in [9.17, 15) is 31.5 Å². The summed E-state index contributed by atoms with van der Waals surface area (Å²) < 4.78 is 65.2. The van der Waals surface area contributed by atoms with Gasteiger partial charge >= 0.3 is 12.2 Å². The molecule has 0 unspecified atom stereocenters. The number of carbonyl (C=O) groups is 2. The number of imide groups is 1. The fraction of sp³-hybridized carbons (Fsp3) is 0.0667. The smallest absolute Gasteiger partial charge is 0.307 e. The van der Waals surface area contributed by atoms with Gasteiger partial charge in [-0.2, -0.15) is 13.2 Å². The van der Waals surface area contributed by atoms with E-state index >= 15 is 0 Å². The molecule has 0 aliphatic rings. The van der Waals surface area contributed by atoms with Gasteiger partial charge in [-0.25, -0.2) is 13.6 Å². The molecule has 0 atom stereocenters. The van der Waals surface area contributed by atoms with Gasteiger partial charge in [0.15, 0.2) is 0 Å². The van der Waals surface area contributed by atoms with Crippen molar-refractivity contribution in [2.24, 2.45) is 0 Å². The van der Waals surface area contributed by atoms with Crippen LogP contribution in [0.15, 0.2) is 42.5 Å². The first-order valence-corrected chi connectivity index (χ1v) is 6.42. The number of urea groups is 1. The van der Waals surface area contributed by atoms with Crippen LogP contribution in [0.3, 0.4) is 0 Å². The molecule has 2 aromatic carbocycles. The zero-order chi connectivity index (χ0) is 17.9. The van der Waals surface area contributed by atoms with Crippen LogP contribution < -0.4 is 10.6 Å². The highest BCUT2D eigenvalue weighted by atomic mass is 19.4. The van der Waals surface area contributed by atoms with Gasteiger partial charge in [-0.1, -0.05) is 18.2 Å². The Morgan fingerprint density at radius 1 is 0.875 bits per heavy atom. The summed E-state index contributed by atoms with van der Waals surface area (Å²) in [4.78, 5) is 23.3. The van der Waals surface area contributed by atoms with Gasteiger partial charge in [0.1, 0.15) is 17.2 Å². The van der Waals surface area contributed by atoms with Crippen molar-refractivity contribution in [3.05, 3.63) is 65.2 Å². The molecule has 4 nitrogen and oxygen atoms in total. The van der Waals surface area contributed by atoms with Crippen LogP contribution in [0.2, 0.25) is 0 Å². The van der Waals surface area contributed by atoms with Crippen molar-refractivity contribution in [2.45, 2.75) is 6.18 Å². The summed E-state index contributed by atoms with van der Waals surface area (Å²) in [6.07, 6.45) is -4.73. The molecule has 0 saturated carbocycles. The summed E-state index contributed by atoms with van der Waals surface area (Å²) in [5.74, 6) is -3.85. The summed E-state index contributed by atoms with van der Waals surface area (Å²) in [7, 11) is 0. The van der Waals surface area contributed by atoms with Gasteiger partial charge in [0.25, 0.3) is 5.91 Å². The van der Waals surface area contributed by atoms with E-state index in [0.717, 1.165) is 36.4 Å². The molecule has 0 saturated heterocycles. The Labute approximate surface area is 132 Å². The second kappa shape index (κ2) is 6.65. The highest BCUT2D eigenvalue weighted by Gasteiger charge is 2.33. The number of para-hydroxylation sites is 1. The Hall–Kier alpha value is -2.97. The number of hydrogen-bond donors (Lipinski definition) is 2. The third kappa shape index (κ3) is 3.86. The van der Waals surface area contributed by atoms with Crippen molar-refractivity contribution in [2.75, 3.05) is 5.32 Å². The number of nitrogens with one attached hydrogen (secondary N) is 2. The number of amides is 3. The van der Waals surface area contributed by atoms with Crippen molar-refractivity contribution in [3.8, 4) is 0 Å². The summed E-state index contributed by atoms with van der Waals surface area (Å²) in [5, 5.41) is 3.39. The SMILES string of the molecule is O=C(NC(=O)c1c(F)cccc1F)Nc1ccccc1C(F)(F)F. The van der Waals surface area contributed by atoms with E-state index in [1.165, 1.54) is 6.07 Å². The van der Waals surface area contributed by atoms with Crippen molar-refractivity contribution in [3.63, 3.8) is 0 Å². The predicted molar refractivity (Wildman–Crippen MR) is 74.3 cm³/mol. The monoisotopic (exact) mass is 344 g/mol. The van der Waals surface area contributed by atoms with E-state index in [0.29, 0.717) is 0 Å². The standard InChI is InChI=1S/C15H9F5N2O2/c16-9-5-3-6-10(17)12(9)13(23)22-14(24)21-11-7-2-1-4-8(11)15(18,19)20/h1-7H,(H2,21,22,23,24). The van der Waals surface area contributed by atoms with Crippen LogP contribution in [0, 0.1) is 11.6 Å². The molecule has 24 heavy (non-hydrogen) atoms. The van der Waals surface area contributed by atoms with E-state index in [4.69, 9.17) is 0 Å². The first-order valence-electron chi connectivity index (χ1n) is 6.42. The zero-order valence-electron chi connectivity index (χ0n) is 11.7. The number of halogens is 5. The summed E-state index contributed by atoms with van der Waals surface area (Å²) in [5.41, 5.74) is -2.76. The molecule has 0 aliphatic carbocycles. The minimum Gasteiger partial charge on any atom is -0.307 e. The molecule has 0 spiro atoms. The van der Waals surface area contributed by atoms with E-state index < -0.39 is 46.6 Å². The topological polar surface area (TPSA) is 58.2 Å². The number of hydrogen-bond acceptors (Lipinski definition) is 2. The summed E-state index contributed by atoms with van der Waals surface area (Å²) in [6.45, 7) is 0. The average molecular weight is 344 g/mol. The maximum atomic E-state index is 13.4. The minimum atomic E-state index is -4.73. The Balaban J connectivity index is 2.17. The molecule has 2 aromatic rings. The molecule has 0 heterocycles. The maximum Gasteiger partial charge on any atom is 0.418 e. The third-order valence-electron chi connectivity index (χ3n) is 2.90. The van der Waals surface area contributed by atoms with Crippen molar-refractivity contribution in [1.82, 2.24) is 5.32 Å². The highest BCUT2D eigenvalue weighted by Crippen LogP contribution is 2.34. The van der Waals surface area contributed by atoms with Gasteiger partial charge in [-0.15, -0.1) is 0 Å². The second-order valence-electron chi connectivity index (χ2n) is 4.55. The molecule has 9 heteroatoms. The van der Waals surface area contributed by atoms with Crippen LogP contribution in [0.5, 0.6) is 0 Å². The lowest BCUT2D eigenvalue weighted by atomic mass is 10.1. The van der Waals surface area contributed by atoms with Crippen LogP contribution in [0.4, 0.5) is 32.4 Å². The summed E-state index contributed by atoms with van der Waals surface area (Å²) in [6, 6.07) is 5.31. The van der Waals surface area contributed by atoms with Gasteiger partial charge in [0.2, 0.25) is 0 Å². The van der Waals surface area contributed by atoms with E-state index in [-0.39, 0.29) is 0 Å². The first-order chi connectivity index (χ1) is 11.2. The molecule has 2 rings (SSSR count). The minimum absolute atomic E-state index is 0.607. The molecule has 0 aliphatic heterocycles. The average Bonchev–Trinajstić information content (AvgIpc) is 2.46. The molecule has 0 bridgehead atoms. The molecule has 0 aromatic heterocycles. The number of benzene rings is 2. The van der Waals surface area contributed by atoms with Gasteiger partial charge < -0.3 is 5.32 Å². The second-order valence-corrected chi connectivity index (χ2v) is 4.55. The molecular formula is C15H9F5N2O2. The Morgan fingerprint density at radius 2 is 1.46 bits per heavy atom. The Morgan fingerprint density at radius 3 is 2.04 bits per heavy atom. The molecule has 126 valence electrons. The zero-order valence-corrected chi connectivity index (χ0v) is 11.7. The van der Waals surface area contributed by atoms with Crippen LogP contribution in [-0.2, 0) is 6.18 Å². The Bertz CT molecular complexity index is 769. The lowest BCUT2D eigenvalue weighted by Gasteiger charge is -2.13. The predicted octanol–water partition coefficient (Wildman–Crippen LogP) is 3.95. The highest BCUT2D eigenvalue weighted by molar-refractivity contribution is 6.08. The molecule has 3 amide bonds. The van der Waals surface area contributed by atoms with Gasteiger partial charge in [-0.05, 0) is 24.3 Å². The van der Waals surface area contributed by atoms with Crippen molar-refractivity contribution < 1.29 is 31.5 Å². The number of alkyl halides is 3. The number of carbonyl (C=O) groups excluding carboxylic acids is 2. The van der Waals surface area contributed by atoms with Gasteiger partial charge in [-0.3, -0.25) is 10.1 Å². The normalized spacial score (nSPS) is 11.0. The molecule has 0 radical (unpaired) electrons. The maximum absolute atomic E-state index is 13.4. The molecule has 0 fully saturated rings. The van der Waals surface area contributed by atoms with Gasteiger partial charge in [0, 0.05) is 0 Å². The molecule has 2 N–H and O–H groups in total. The van der Waals surface area contributed by atoms with Crippen LogP contribution in [-0.4, -0.2) is 11.9 Å². The molecular weight excluding hydrogens is 335 g/mol. The number of rotatable bonds is 2. The van der Waals surface area contributed by atoms with Gasteiger partial charge in [0.05, 0.1) is 11.3 Å². The van der Waals surface area contributed by atoms with Crippen molar-refractivity contribution >= 4 is 17.6 Å². The van der Waals surface area contributed by atoms with Crippen LogP contribution in [0.25, 0.3) is 0 Å². The van der Waals surface area contributed by atoms with Crippen molar-refractivity contribution in [1.29, 1.82) is 0 Å². The van der Waals surface area contributed by atoms with Crippen LogP contribution >= 0.6 is 0 Å². The van der Waals surface area contributed by atoms with E-state index in [1.54, 1.807) is 5.32 Å². The lowest BCUT2D eigenvalue weighted by Crippen LogP contribution is -2.35. The van der Waals surface area contributed by atoms with E-state index in [2.05, 4.69) is 0 Å². The number of anilines is 1. The quantitative estimate of drug-likeness (QED) is 0.811. The largest absolute Gasteiger partial charge is 0.418 e. The third-order valence-corrected chi connectivity index (χ3v) is 2.90. The Kier molecular flexibility index (Phi) is 4.82. The fourth-order valence-corrected chi connectivity index (χ4v) is 1.87. The summed E-state index contributed by atoms with van der Waals surface area (Å²) >= 11 is 0.